The average molecular weight is 237 g/mol. The molecule has 0 saturated carbocycles. The van der Waals surface area contributed by atoms with Gasteiger partial charge >= 0.3 is 0 Å². The number of nitrogens with zero attached hydrogens (tertiary/aromatic N) is 1. The third-order valence-corrected chi connectivity index (χ3v) is 2.65. The first kappa shape index (κ1) is 11.0. The van der Waals surface area contributed by atoms with Crippen molar-refractivity contribution in [2.75, 3.05) is 0 Å². The number of pyridine rings is 1. The summed E-state index contributed by atoms with van der Waals surface area (Å²) in [5.41, 5.74) is 7.37. The van der Waals surface area contributed by atoms with Gasteiger partial charge in [-0.15, -0.1) is 0 Å². The van der Waals surface area contributed by atoms with Crippen molar-refractivity contribution in [1.29, 1.82) is 0 Å². The zero-order valence-corrected chi connectivity index (χ0v) is 9.16. The van der Waals surface area contributed by atoms with Crippen LogP contribution in [0.2, 0.25) is 5.02 Å². The Labute approximate surface area is 97.9 Å². The van der Waals surface area contributed by atoms with Gasteiger partial charge in [0.25, 0.3) is 0 Å². The Morgan fingerprint density at radius 2 is 1.94 bits per heavy atom. The molecule has 1 heterocycles. The van der Waals surface area contributed by atoms with Crippen LogP contribution in [-0.4, -0.2) is 4.98 Å². The molecule has 2 rings (SSSR count). The molecule has 0 amide bonds. The van der Waals surface area contributed by atoms with E-state index in [0.717, 1.165) is 11.8 Å². The standard InChI is InChI=1S/C12H10ClFN2/c13-10-4-2-1-3-9(10)12(15)11-6-5-8(14)7-16-11/h1-7,12H,15H2. The monoisotopic (exact) mass is 236 g/mol. The Morgan fingerprint density at radius 3 is 2.56 bits per heavy atom. The highest BCUT2D eigenvalue weighted by molar-refractivity contribution is 6.31. The highest BCUT2D eigenvalue weighted by Gasteiger charge is 2.12. The SMILES string of the molecule is NC(c1ccc(F)cn1)c1ccccc1Cl. The molecule has 0 spiro atoms. The van der Waals surface area contributed by atoms with E-state index in [4.69, 9.17) is 17.3 Å². The molecule has 4 heteroatoms. The molecule has 1 aromatic heterocycles. The average Bonchev–Trinajstić information content (AvgIpc) is 2.30. The number of nitrogens with two attached hydrogens (primary N) is 1. The number of benzene rings is 1. The summed E-state index contributed by atoms with van der Waals surface area (Å²) >= 11 is 6.02. The van der Waals surface area contributed by atoms with Crippen molar-refractivity contribution in [2.45, 2.75) is 6.04 Å². The fraction of sp³-hybridized carbons (Fsp3) is 0.0833. The molecule has 0 aliphatic heterocycles. The molecule has 82 valence electrons. The predicted molar refractivity (Wildman–Crippen MR) is 61.7 cm³/mol. The lowest BCUT2D eigenvalue weighted by Crippen LogP contribution is -2.13. The van der Waals surface area contributed by atoms with Crippen LogP contribution in [0.5, 0.6) is 0 Å². The molecule has 1 atom stereocenters. The maximum Gasteiger partial charge on any atom is 0.141 e. The second-order valence-electron chi connectivity index (χ2n) is 3.40. The molecule has 1 aromatic carbocycles. The van der Waals surface area contributed by atoms with Gasteiger partial charge in [-0.05, 0) is 23.8 Å². The smallest absolute Gasteiger partial charge is 0.141 e. The van der Waals surface area contributed by atoms with Crippen molar-refractivity contribution in [3.05, 3.63) is 64.7 Å². The highest BCUT2D eigenvalue weighted by atomic mass is 35.5. The molecule has 2 nitrogen and oxygen atoms in total. The van der Waals surface area contributed by atoms with E-state index in [1.807, 2.05) is 18.2 Å². The van der Waals surface area contributed by atoms with Crippen LogP contribution in [0, 0.1) is 5.82 Å². The van der Waals surface area contributed by atoms with Gasteiger partial charge in [-0.3, -0.25) is 4.98 Å². The van der Waals surface area contributed by atoms with Gasteiger partial charge in [0.2, 0.25) is 0 Å². The van der Waals surface area contributed by atoms with Crippen molar-refractivity contribution in [3.8, 4) is 0 Å². The Balaban J connectivity index is 2.35. The van der Waals surface area contributed by atoms with Crippen molar-refractivity contribution >= 4 is 11.6 Å². The topological polar surface area (TPSA) is 38.9 Å². The van der Waals surface area contributed by atoms with E-state index in [9.17, 15) is 4.39 Å². The van der Waals surface area contributed by atoms with Crippen LogP contribution in [0.3, 0.4) is 0 Å². The lowest BCUT2D eigenvalue weighted by Gasteiger charge is -2.12. The fourth-order valence-electron chi connectivity index (χ4n) is 1.46. The van der Waals surface area contributed by atoms with Gasteiger partial charge in [0, 0.05) is 5.02 Å². The van der Waals surface area contributed by atoms with E-state index in [1.165, 1.54) is 6.07 Å². The predicted octanol–water partition coefficient (Wildman–Crippen LogP) is 2.92. The molecule has 2 aromatic rings. The highest BCUT2D eigenvalue weighted by Crippen LogP contribution is 2.24. The molecule has 1 unspecified atom stereocenters. The normalized spacial score (nSPS) is 12.4. The molecule has 0 bridgehead atoms. The first-order valence-corrected chi connectivity index (χ1v) is 5.18. The van der Waals surface area contributed by atoms with Gasteiger partial charge in [-0.2, -0.15) is 0 Å². The van der Waals surface area contributed by atoms with Crippen molar-refractivity contribution in [3.63, 3.8) is 0 Å². The quantitative estimate of drug-likeness (QED) is 0.871. The van der Waals surface area contributed by atoms with Crippen LogP contribution in [0.4, 0.5) is 4.39 Å². The van der Waals surface area contributed by atoms with Crippen LogP contribution < -0.4 is 5.73 Å². The van der Waals surface area contributed by atoms with E-state index >= 15 is 0 Å². The summed E-state index contributed by atoms with van der Waals surface area (Å²) in [7, 11) is 0. The van der Waals surface area contributed by atoms with Gasteiger partial charge in [0.05, 0.1) is 17.9 Å². The molecule has 0 aliphatic carbocycles. The number of rotatable bonds is 2. The second-order valence-corrected chi connectivity index (χ2v) is 3.81. The van der Waals surface area contributed by atoms with Crippen molar-refractivity contribution < 1.29 is 4.39 Å². The van der Waals surface area contributed by atoms with Crippen molar-refractivity contribution in [1.82, 2.24) is 4.98 Å². The molecular weight excluding hydrogens is 227 g/mol. The summed E-state index contributed by atoms with van der Waals surface area (Å²) in [4.78, 5) is 3.94. The molecule has 0 saturated heterocycles. The fourth-order valence-corrected chi connectivity index (χ4v) is 1.71. The van der Waals surface area contributed by atoms with E-state index in [1.54, 1.807) is 12.1 Å². The number of aromatic nitrogens is 1. The van der Waals surface area contributed by atoms with Crippen LogP contribution in [0.15, 0.2) is 42.6 Å². The third-order valence-electron chi connectivity index (χ3n) is 2.31. The summed E-state index contributed by atoms with van der Waals surface area (Å²) in [6, 6.07) is 9.73. The largest absolute Gasteiger partial charge is 0.319 e. The second kappa shape index (κ2) is 4.60. The van der Waals surface area contributed by atoms with Gasteiger partial charge in [0.1, 0.15) is 5.82 Å². The molecule has 0 radical (unpaired) electrons. The Kier molecular flexibility index (Phi) is 3.17. The minimum absolute atomic E-state index is 0.380. The molecule has 2 N–H and O–H groups in total. The summed E-state index contributed by atoms with van der Waals surface area (Å²) < 4.78 is 12.7. The van der Waals surface area contributed by atoms with E-state index in [-0.39, 0.29) is 5.82 Å². The van der Waals surface area contributed by atoms with Crippen LogP contribution >= 0.6 is 11.6 Å². The Morgan fingerprint density at radius 1 is 1.19 bits per heavy atom. The molecule has 16 heavy (non-hydrogen) atoms. The minimum Gasteiger partial charge on any atom is -0.319 e. The van der Waals surface area contributed by atoms with Gasteiger partial charge in [-0.25, -0.2) is 4.39 Å². The zero-order chi connectivity index (χ0) is 11.5. The lowest BCUT2D eigenvalue weighted by atomic mass is 10.0. The molecular formula is C12H10ClFN2. The minimum atomic E-state index is -0.436. The summed E-state index contributed by atoms with van der Waals surface area (Å²) in [5, 5.41) is 0.584. The first-order chi connectivity index (χ1) is 7.68. The van der Waals surface area contributed by atoms with Crippen LogP contribution in [-0.2, 0) is 0 Å². The summed E-state index contributed by atoms with van der Waals surface area (Å²) in [5.74, 6) is -0.380. The van der Waals surface area contributed by atoms with Crippen LogP contribution in [0.1, 0.15) is 17.3 Å². The van der Waals surface area contributed by atoms with Gasteiger partial charge in [0.15, 0.2) is 0 Å². The van der Waals surface area contributed by atoms with Crippen LogP contribution in [0.25, 0.3) is 0 Å². The Bertz CT molecular complexity index is 485. The maximum atomic E-state index is 12.7. The number of hydrogen-bond donors (Lipinski definition) is 1. The van der Waals surface area contributed by atoms with Crippen molar-refractivity contribution in [2.24, 2.45) is 5.73 Å². The third kappa shape index (κ3) is 2.21. The molecule has 0 fully saturated rings. The van der Waals surface area contributed by atoms with E-state index in [2.05, 4.69) is 4.98 Å². The molecule has 0 aliphatic rings. The van der Waals surface area contributed by atoms with E-state index < -0.39 is 6.04 Å². The summed E-state index contributed by atoms with van der Waals surface area (Å²) in [6.45, 7) is 0. The Hall–Kier alpha value is -1.45. The zero-order valence-electron chi connectivity index (χ0n) is 8.40. The summed E-state index contributed by atoms with van der Waals surface area (Å²) in [6.07, 6.45) is 1.14. The lowest BCUT2D eigenvalue weighted by molar-refractivity contribution is 0.617. The maximum absolute atomic E-state index is 12.7. The van der Waals surface area contributed by atoms with E-state index in [0.29, 0.717) is 10.7 Å². The van der Waals surface area contributed by atoms with Gasteiger partial charge in [-0.1, -0.05) is 29.8 Å². The first-order valence-electron chi connectivity index (χ1n) is 4.80. The van der Waals surface area contributed by atoms with Gasteiger partial charge < -0.3 is 5.73 Å². The number of hydrogen-bond acceptors (Lipinski definition) is 2. The number of halogens is 2.